The smallest absolute Gasteiger partial charge is 0.310 e. The second kappa shape index (κ2) is 5.17. The highest BCUT2D eigenvalue weighted by Gasteiger charge is 2.19. The van der Waals surface area contributed by atoms with Crippen molar-refractivity contribution in [2.75, 3.05) is 0 Å². The van der Waals surface area contributed by atoms with E-state index < -0.39 is 11.6 Å². The highest BCUT2D eigenvalue weighted by molar-refractivity contribution is 9.10. The molecule has 0 atom stereocenters. The van der Waals surface area contributed by atoms with Gasteiger partial charge in [0.05, 0.1) is 6.42 Å². The highest BCUT2D eigenvalue weighted by atomic mass is 79.9. The fraction of sp³-hybridized carbons (Fsp3) is 0.462. The zero-order chi connectivity index (χ0) is 13.2. The largest absolute Gasteiger partial charge is 0.460 e. The van der Waals surface area contributed by atoms with Crippen LogP contribution < -0.4 is 0 Å². The number of carbonyl (C=O) groups is 1. The van der Waals surface area contributed by atoms with E-state index in [1.165, 1.54) is 0 Å². The monoisotopic (exact) mass is 302 g/mol. The van der Waals surface area contributed by atoms with Crippen LogP contribution in [0.2, 0.25) is 0 Å². The highest BCUT2D eigenvalue weighted by Crippen LogP contribution is 2.24. The quantitative estimate of drug-likeness (QED) is 0.777. The lowest BCUT2D eigenvalue weighted by Crippen LogP contribution is -2.25. The summed E-state index contributed by atoms with van der Waals surface area (Å²) in [5, 5.41) is 0. The van der Waals surface area contributed by atoms with Gasteiger partial charge < -0.3 is 4.74 Å². The Kier molecular flexibility index (Phi) is 4.31. The molecule has 1 aromatic carbocycles. The van der Waals surface area contributed by atoms with Crippen LogP contribution in [0.25, 0.3) is 0 Å². The van der Waals surface area contributed by atoms with Crippen LogP contribution in [0.1, 0.15) is 31.9 Å². The molecule has 0 saturated carbocycles. The molecule has 0 aliphatic carbocycles. The number of aryl methyl sites for hydroxylation is 1. The Bertz CT molecular complexity index is 436. The van der Waals surface area contributed by atoms with Crippen molar-refractivity contribution in [2.24, 2.45) is 0 Å². The van der Waals surface area contributed by atoms with Crippen LogP contribution in [-0.4, -0.2) is 11.6 Å². The lowest BCUT2D eigenvalue weighted by molar-refractivity contribution is -0.154. The molecular weight excluding hydrogens is 287 g/mol. The van der Waals surface area contributed by atoms with E-state index in [0.717, 1.165) is 0 Å². The topological polar surface area (TPSA) is 26.3 Å². The molecule has 0 bridgehead atoms. The molecule has 1 aromatic rings. The lowest BCUT2D eigenvalue weighted by Gasteiger charge is -2.20. The Hall–Kier alpha value is -0.900. The summed E-state index contributed by atoms with van der Waals surface area (Å²) in [6.45, 7) is 7.02. The van der Waals surface area contributed by atoms with E-state index in [4.69, 9.17) is 4.74 Å². The Labute approximate surface area is 109 Å². The van der Waals surface area contributed by atoms with Crippen molar-refractivity contribution in [1.29, 1.82) is 0 Å². The van der Waals surface area contributed by atoms with Crippen LogP contribution in [0, 0.1) is 12.7 Å². The number of benzene rings is 1. The molecule has 0 amide bonds. The fourth-order valence-corrected chi connectivity index (χ4v) is 1.85. The summed E-state index contributed by atoms with van der Waals surface area (Å²) in [6, 6.07) is 3.40. The molecule has 1 rings (SSSR count). The van der Waals surface area contributed by atoms with Crippen LogP contribution in [-0.2, 0) is 16.0 Å². The minimum absolute atomic E-state index is 0.0641. The molecule has 0 fully saturated rings. The van der Waals surface area contributed by atoms with Gasteiger partial charge >= 0.3 is 5.97 Å². The van der Waals surface area contributed by atoms with Crippen molar-refractivity contribution in [3.8, 4) is 0 Å². The summed E-state index contributed by atoms with van der Waals surface area (Å²) < 4.78 is 19.6. The minimum Gasteiger partial charge on any atom is -0.460 e. The zero-order valence-corrected chi connectivity index (χ0v) is 12.0. The van der Waals surface area contributed by atoms with Crippen LogP contribution in [0.4, 0.5) is 4.39 Å². The Morgan fingerprint density at radius 2 is 2.00 bits per heavy atom. The van der Waals surface area contributed by atoms with Gasteiger partial charge in [-0.15, -0.1) is 0 Å². The first-order valence-electron chi connectivity index (χ1n) is 5.36. The van der Waals surface area contributed by atoms with Crippen molar-refractivity contribution in [3.63, 3.8) is 0 Å². The van der Waals surface area contributed by atoms with E-state index in [1.54, 1.807) is 39.8 Å². The molecule has 94 valence electrons. The van der Waals surface area contributed by atoms with Crippen molar-refractivity contribution >= 4 is 21.9 Å². The maximum absolute atomic E-state index is 13.8. The molecule has 0 aliphatic heterocycles. The first-order valence-corrected chi connectivity index (χ1v) is 6.15. The second-order valence-electron chi connectivity index (χ2n) is 4.92. The minimum atomic E-state index is -0.552. The first kappa shape index (κ1) is 14.2. The molecule has 0 radical (unpaired) electrons. The molecule has 0 aromatic heterocycles. The van der Waals surface area contributed by atoms with E-state index in [9.17, 15) is 9.18 Å². The van der Waals surface area contributed by atoms with Gasteiger partial charge in [0, 0.05) is 10.0 Å². The van der Waals surface area contributed by atoms with Gasteiger partial charge in [0.2, 0.25) is 0 Å². The molecule has 17 heavy (non-hydrogen) atoms. The van der Waals surface area contributed by atoms with E-state index in [-0.39, 0.29) is 12.2 Å². The Morgan fingerprint density at radius 1 is 1.41 bits per heavy atom. The number of halogens is 2. The van der Waals surface area contributed by atoms with Crippen LogP contribution >= 0.6 is 15.9 Å². The predicted molar refractivity (Wildman–Crippen MR) is 68.4 cm³/mol. The normalized spacial score (nSPS) is 11.4. The average molecular weight is 303 g/mol. The third-order valence-electron chi connectivity index (χ3n) is 2.12. The molecule has 0 saturated heterocycles. The van der Waals surface area contributed by atoms with E-state index in [2.05, 4.69) is 15.9 Å². The van der Waals surface area contributed by atoms with Gasteiger partial charge in [0.25, 0.3) is 0 Å². The third kappa shape index (κ3) is 4.11. The summed E-state index contributed by atoms with van der Waals surface area (Å²) in [5.41, 5.74) is 0.315. The molecular formula is C13H16BrFO2. The Balaban J connectivity index is 2.89. The van der Waals surface area contributed by atoms with Crippen molar-refractivity contribution < 1.29 is 13.9 Å². The summed E-state index contributed by atoms with van der Waals surface area (Å²) in [5.74, 6) is -0.784. The molecule has 0 unspecified atom stereocenters. The number of hydrogen-bond donors (Lipinski definition) is 0. The van der Waals surface area contributed by atoms with Gasteiger partial charge in [-0.3, -0.25) is 4.79 Å². The van der Waals surface area contributed by atoms with Gasteiger partial charge in [-0.25, -0.2) is 4.39 Å². The first-order chi connectivity index (χ1) is 7.70. The van der Waals surface area contributed by atoms with Gasteiger partial charge in [0.15, 0.2) is 0 Å². The predicted octanol–water partition coefficient (Wildman–Crippen LogP) is 3.78. The summed E-state index contributed by atoms with van der Waals surface area (Å²) in [7, 11) is 0. The number of carbonyl (C=O) groups excluding carboxylic acids is 1. The Morgan fingerprint density at radius 3 is 2.53 bits per heavy atom. The molecule has 2 nitrogen and oxygen atoms in total. The number of ether oxygens (including phenoxy) is 1. The maximum atomic E-state index is 13.8. The number of esters is 1. The maximum Gasteiger partial charge on any atom is 0.310 e. The number of rotatable bonds is 2. The van der Waals surface area contributed by atoms with E-state index in [1.807, 2.05) is 0 Å². The van der Waals surface area contributed by atoms with Crippen molar-refractivity contribution in [1.82, 2.24) is 0 Å². The molecule has 0 aliphatic rings. The SMILES string of the molecule is Cc1ccc(Br)c(CC(=O)OC(C)(C)C)c1F. The molecule has 0 N–H and O–H groups in total. The van der Waals surface area contributed by atoms with Crippen LogP contribution in [0.5, 0.6) is 0 Å². The summed E-state index contributed by atoms with van der Waals surface area (Å²) in [4.78, 5) is 11.6. The van der Waals surface area contributed by atoms with Gasteiger partial charge in [0.1, 0.15) is 11.4 Å². The van der Waals surface area contributed by atoms with Crippen LogP contribution in [0.15, 0.2) is 16.6 Å². The van der Waals surface area contributed by atoms with Crippen LogP contribution in [0.3, 0.4) is 0 Å². The fourth-order valence-electron chi connectivity index (χ4n) is 1.40. The van der Waals surface area contributed by atoms with E-state index >= 15 is 0 Å². The molecule has 0 heterocycles. The zero-order valence-electron chi connectivity index (χ0n) is 10.4. The van der Waals surface area contributed by atoms with E-state index in [0.29, 0.717) is 15.6 Å². The van der Waals surface area contributed by atoms with Gasteiger partial charge in [-0.1, -0.05) is 22.0 Å². The third-order valence-corrected chi connectivity index (χ3v) is 2.86. The van der Waals surface area contributed by atoms with Gasteiger partial charge in [-0.05, 0) is 39.3 Å². The van der Waals surface area contributed by atoms with Gasteiger partial charge in [-0.2, -0.15) is 0 Å². The average Bonchev–Trinajstić information content (AvgIpc) is 2.16. The van der Waals surface area contributed by atoms with Crippen molar-refractivity contribution in [2.45, 2.75) is 39.7 Å². The second-order valence-corrected chi connectivity index (χ2v) is 5.77. The summed E-state index contributed by atoms with van der Waals surface area (Å²) in [6.07, 6.45) is -0.0641. The lowest BCUT2D eigenvalue weighted by atomic mass is 10.1. The standard InChI is InChI=1S/C13H16BrFO2/c1-8-5-6-10(14)9(12(8)15)7-11(16)17-13(2,3)4/h5-6H,7H2,1-4H3. The van der Waals surface area contributed by atoms with Crippen molar-refractivity contribution in [3.05, 3.63) is 33.5 Å². The molecule has 4 heteroatoms. The summed E-state index contributed by atoms with van der Waals surface area (Å²) >= 11 is 3.24. The molecule has 0 spiro atoms. The number of hydrogen-bond acceptors (Lipinski definition) is 2.